The quantitative estimate of drug-likeness (QED) is 0.540. The Morgan fingerprint density at radius 1 is 1.17 bits per heavy atom. The normalized spacial score (nSPS) is 15.9. The van der Waals surface area contributed by atoms with Gasteiger partial charge in [-0.15, -0.1) is 11.8 Å². The van der Waals surface area contributed by atoms with E-state index >= 15 is 0 Å². The summed E-state index contributed by atoms with van der Waals surface area (Å²) in [5, 5.41) is 2.17. The van der Waals surface area contributed by atoms with E-state index in [0.717, 1.165) is 22.2 Å². The van der Waals surface area contributed by atoms with Crippen molar-refractivity contribution in [1.82, 2.24) is 0 Å². The van der Waals surface area contributed by atoms with Crippen molar-refractivity contribution < 1.29 is 23.9 Å². The van der Waals surface area contributed by atoms with E-state index in [0.29, 0.717) is 16.9 Å². The lowest BCUT2D eigenvalue weighted by molar-refractivity contribution is -0.121. The number of benzene rings is 2. The number of nitrogens with zero attached hydrogens (tertiary/aromatic N) is 1. The number of amides is 3. The smallest absolute Gasteiger partial charge is 0.338 e. The number of imide groups is 1. The largest absolute Gasteiger partial charge is 0.462 e. The van der Waals surface area contributed by atoms with Crippen molar-refractivity contribution in [2.24, 2.45) is 0 Å². The van der Waals surface area contributed by atoms with E-state index < -0.39 is 11.2 Å². The summed E-state index contributed by atoms with van der Waals surface area (Å²) in [6.07, 6.45) is 0.0286. The summed E-state index contributed by atoms with van der Waals surface area (Å²) in [6.45, 7) is 3.91. The van der Waals surface area contributed by atoms with Gasteiger partial charge < -0.3 is 10.1 Å². The van der Waals surface area contributed by atoms with E-state index in [4.69, 9.17) is 4.74 Å². The van der Waals surface area contributed by atoms with Gasteiger partial charge in [-0.05, 0) is 55.8 Å². The van der Waals surface area contributed by atoms with Gasteiger partial charge in [-0.2, -0.15) is 0 Å². The average Bonchev–Trinajstić information content (AvgIpc) is 3.00. The summed E-state index contributed by atoms with van der Waals surface area (Å²) < 4.78 is 4.93. The van der Waals surface area contributed by atoms with E-state index in [2.05, 4.69) is 5.32 Å². The third-order valence-corrected chi connectivity index (χ3v) is 5.66. The molecule has 8 heteroatoms. The molecule has 7 nitrogen and oxygen atoms in total. The molecular formula is C22H22N2O5S. The molecule has 2 aromatic rings. The van der Waals surface area contributed by atoms with Gasteiger partial charge in [-0.3, -0.25) is 14.4 Å². The fourth-order valence-electron chi connectivity index (χ4n) is 3.06. The highest BCUT2D eigenvalue weighted by atomic mass is 32.2. The van der Waals surface area contributed by atoms with Crippen LogP contribution in [-0.2, 0) is 19.1 Å². The monoisotopic (exact) mass is 426 g/mol. The van der Waals surface area contributed by atoms with Gasteiger partial charge in [0.15, 0.2) is 0 Å². The van der Waals surface area contributed by atoms with E-state index in [-0.39, 0.29) is 36.5 Å². The van der Waals surface area contributed by atoms with Crippen molar-refractivity contribution in [1.29, 1.82) is 0 Å². The Bertz CT molecular complexity index is 974. The minimum atomic E-state index is -0.620. The molecule has 0 aromatic heterocycles. The van der Waals surface area contributed by atoms with Crippen LogP contribution >= 0.6 is 11.8 Å². The zero-order valence-corrected chi connectivity index (χ0v) is 17.5. The van der Waals surface area contributed by atoms with E-state index in [1.807, 2.05) is 25.1 Å². The number of aryl methyl sites for hydroxylation is 1. The number of esters is 1. The SMILES string of the molecule is CCOC(=O)c1ccc(N2C(=O)CC(SCC(=O)Nc3cccc(C)c3)C2=O)cc1. The third-order valence-electron chi connectivity index (χ3n) is 4.46. The molecular weight excluding hydrogens is 404 g/mol. The molecule has 3 amide bonds. The van der Waals surface area contributed by atoms with E-state index in [1.165, 1.54) is 12.1 Å². The lowest BCUT2D eigenvalue weighted by atomic mass is 10.2. The van der Waals surface area contributed by atoms with Crippen LogP contribution in [0.25, 0.3) is 0 Å². The number of nitrogens with one attached hydrogen (secondary N) is 1. The molecule has 1 atom stereocenters. The molecule has 30 heavy (non-hydrogen) atoms. The van der Waals surface area contributed by atoms with Crippen LogP contribution in [0.2, 0.25) is 0 Å². The number of thioether (sulfide) groups is 1. The van der Waals surface area contributed by atoms with Gasteiger partial charge in [0.1, 0.15) is 0 Å². The van der Waals surface area contributed by atoms with E-state index in [1.54, 1.807) is 25.1 Å². The maximum absolute atomic E-state index is 12.7. The summed E-state index contributed by atoms with van der Waals surface area (Å²) in [7, 11) is 0. The number of hydrogen-bond donors (Lipinski definition) is 1. The fourth-order valence-corrected chi connectivity index (χ4v) is 4.00. The fraction of sp³-hybridized carbons (Fsp3) is 0.273. The van der Waals surface area contributed by atoms with Crippen LogP contribution in [0.4, 0.5) is 11.4 Å². The number of rotatable bonds is 7. The van der Waals surface area contributed by atoms with Gasteiger partial charge in [0, 0.05) is 12.1 Å². The summed E-state index contributed by atoms with van der Waals surface area (Å²) >= 11 is 1.14. The summed E-state index contributed by atoms with van der Waals surface area (Å²) in [5.74, 6) is -1.33. The number of anilines is 2. The highest BCUT2D eigenvalue weighted by Gasteiger charge is 2.40. The van der Waals surface area contributed by atoms with Gasteiger partial charge in [-0.25, -0.2) is 9.69 Å². The molecule has 1 N–H and O–H groups in total. The topological polar surface area (TPSA) is 92.8 Å². The van der Waals surface area contributed by atoms with Crippen molar-refractivity contribution >= 4 is 46.8 Å². The number of hydrogen-bond acceptors (Lipinski definition) is 6. The Kier molecular flexibility index (Phi) is 6.89. The van der Waals surface area contributed by atoms with Crippen molar-refractivity contribution in [3.63, 3.8) is 0 Å². The lowest BCUT2D eigenvalue weighted by Gasteiger charge is -2.15. The van der Waals surface area contributed by atoms with Crippen molar-refractivity contribution in [3.05, 3.63) is 59.7 Å². The van der Waals surface area contributed by atoms with Gasteiger partial charge in [0.05, 0.1) is 28.9 Å². The molecule has 0 spiro atoms. The minimum absolute atomic E-state index is 0.0286. The molecule has 156 valence electrons. The van der Waals surface area contributed by atoms with Crippen molar-refractivity contribution in [2.45, 2.75) is 25.5 Å². The zero-order valence-electron chi connectivity index (χ0n) is 16.7. The van der Waals surface area contributed by atoms with Crippen LogP contribution in [-0.4, -0.2) is 41.3 Å². The van der Waals surface area contributed by atoms with E-state index in [9.17, 15) is 19.2 Å². The first kappa shape index (κ1) is 21.6. The standard InChI is InChI=1S/C22H22N2O5S/c1-3-29-22(28)15-7-9-17(10-8-15)24-20(26)12-18(21(24)27)30-13-19(25)23-16-6-4-5-14(2)11-16/h4-11,18H,3,12-13H2,1-2H3,(H,23,25). The maximum atomic E-state index is 12.7. The van der Waals surface area contributed by atoms with Crippen LogP contribution in [0.5, 0.6) is 0 Å². The first-order valence-electron chi connectivity index (χ1n) is 9.51. The molecule has 1 fully saturated rings. The second-order valence-corrected chi connectivity index (χ2v) is 7.95. The Morgan fingerprint density at radius 3 is 2.57 bits per heavy atom. The molecule has 1 aliphatic heterocycles. The molecule has 0 aliphatic carbocycles. The maximum Gasteiger partial charge on any atom is 0.338 e. The molecule has 2 aromatic carbocycles. The summed E-state index contributed by atoms with van der Waals surface area (Å²) in [4.78, 5) is 50.1. The Labute approximate surface area is 178 Å². The molecule has 0 radical (unpaired) electrons. The highest BCUT2D eigenvalue weighted by molar-refractivity contribution is 8.01. The molecule has 0 bridgehead atoms. The molecule has 1 aliphatic rings. The lowest BCUT2D eigenvalue weighted by Crippen LogP contribution is -2.31. The Hall–Kier alpha value is -3.13. The molecule has 1 unspecified atom stereocenters. The highest BCUT2D eigenvalue weighted by Crippen LogP contribution is 2.30. The van der Waals surface area contributed by atoms with Crippen molar-refractivity contribution in [3.8, 4) is 0 Å². The predicted octanol–water partition coefficient (Wildman–Crippen LogP) is 3.18. The van der Waals surface area contributed by atoms with Gasteiger partial charge in [0.25, 0.3) is 0 Å². The summed E-state index contributed by atoms with van der Waals surface area (Å²) in [6, 6.07) is 13.5. The number of carbonyl (C=O) groups is 4. The third kappa shape index (κ3) is 5.07. The molecule has 0 saturated carbocycles. The number of carbonyl (C=O) groups excluding carboxylic acids is 4. The Morgan fingerprint density at radius 2 is 1.90 bits per heavy atom. The number of ether oxygens (including phenoxy) is 1. The minimum Gasteiger partial charge on any atom is -0.462 e. The van der Waals surface area contributed by atoms with Gasteiger partial charge in [0.2, 0.25) is 17.7 Å². The molecule has 1 saturated heterocycles. The van der Waals surface area contributed by atoms with Crippen LogP contribution < -0.4 is 10.2 Å². The van der Waals surface area contributed by atoms with Gasteiger partial charge >= 0.3 is 5.97 Å². The zero-order chi connectivity index (χ0) is 21.7. The van der Waals surface area contributed by atoms with Crippen LogP contribution in [0.1, 0.15) is 29.3 Å². The predicted molar refractivity (Wildman–Crippen MR) is 116 cm³/mol. The van der Waals surface area contributed by atoms with Crippen LogP contribution in [0.15, 0.2) is 48.5 Å². The molecule has 1 heterocycles. The second kappa shape index (κ2) is 9.58. The molecule has 3 rings (SSSR count). The van der Waals surface area contributed by atoms with Gasteiger partial charge in [-0.1, -0.05) is 12.1 Å². The first-order valence-corrected chi connectivity index (χ1v) is 10.6. The van der Waals surface area contributed by atoms with Crippen molar-refractivity contribution in [2.75, 3.05) is 22.6 Å². The first-order chi connectivity index (χ1) is 14.4. The Balaban J connectivity index is 1.59. The average molecular weight is 426 g/mol. The van der Waals surface area contributed by atoms with Crippen LogP contribution in [0.3, 0.4) is 0 Å². The van der Waals surface area contributed by atoms with Crippen LogP contribution in [0, 0.1) is 6.92 Å². The summed E-state index contributed by atoms with van der Waals surface area (Å²) in [5.41, 5.74) is 2.46. The second-order valence-electron chi connectivity index (χ2n) is 6.76.